The second-order valence-corrected chi connectivity index (χ2v) is 13.5. The minimum atomic E-state index is -0.926. The number of carbonyl (C=O) groups is 5. The summed E-state index contributed by atoms with van der Waals surface area (Å²) in [5, 5.41) is 6.04. The molecular formula is C30H56N4O7. The summed E-state index contributed by atoms with van der Waals surface area (Å²) in [6.07, 6.45) is 2.20. The van der Waals surface area contributed by atoms with Gasteiger partial charge < -0.3 is 31.6 Å². The number of ketones is 2. The Morgan fingerprint density at radius 1 is 0.707 bits per heavy atom. The van der Waals surface area contributed by atoms with Gasteiger partial charge in [-0.1, -0.05) is 13.8 Å². The molecule has 0 aromatic rings. The minimum absolute atomic E-state index is 0.00226. The lowest BCUT2D eigenvalue weighted by molar-refractivity contribution is -0.157. The molecule has 6 N–H and O–H groups in total. The number of nitrogens with two attached hydrogens (primary N) is 2. The number of esters is 2. The van der Waals surface area contributed by atoms with Gasteiger partial charge in [-0.3, -0.25) is 24.0 Å². The monoisotopic (exact) mass is 584 g/mol. The molecule has 0 rings (SSSR count). The van der Waals surface area contributed by atoms with Gasteiger partial charge in [0.2, 0.25) is 5.91 Å². The predicted molar refractivity (Wildman–Crippen MR) is 159 cm³/mol. The molecular weight excluding hydrogens is 528 g/mol. The quantitative estimate of drug-likeness (QED) is 0.138. The Kier molecular flexibility index (Phi) is 15.9. The van der Waals surface area contributed by atoms with Gasteiger partial charge in [0.15, 0.2) is 11.6 Å². The Bertz CT molecular complexity index is 888. The van der Waals surface area contributed by atoms with E-state index in [0.29, 0.717) is 25.8 Å². The first-order valence-corrected chi connectivity index (χ1v) is 14.6. The lowest BCUT2D eigenvalue weighted by Crippen LogP contribution is -2.48. The van der Waals surface area contributed by atoms with Crippen LogP contribution in [0.5, 0.6) is 0 Å². The molecule has 0 aromatic carbocycles. The molecule has 3 atom stereocenters. The van der Waals surface area contributed by atoms with Gasteiger partial charge in [0.05, 0.1) is 11.6 Å². The first-order chi connectivity index (χ1) is 18.6. The molecule has 0 unspecified atom stereocenters. The largest absolute Gasteiger partial charge is 0.459 e. The number of hydrogen-bond acceptors (Lipinski definition) is 10. The maximum Gasteiger partial charge on any atom is 0.323 e. The maximum absolute atomic E-state index is 12.8. The van der Waals surface area contributed by atoms with Crippen LogP contribution in [0.4, 0.5) is 0 Å². The van der Waals surface area contributed by atoms with E-state index in [9.17, 15) is 24.0 Å². The Morgan fingerprint density at radius 3 is 1.61 bits per heavy atom. The highest BCUT2D eigenvalue weighted by Gasteiger charge is 2.29. The summed E-state index contributed by atoms with van der Waals surface area (Å²) in [7, 11) is 0. The molecule has 0 radical (unpaired) electrons. The lowest BCUT2D eigenvalue weighted by Gasteiger charge is -2.26. The fourth-order valence-corrected chi connectivity index (χ4v) is 3.80. The molecule has 1 amide bonds. The van der Waals surface area contributed by atoms with Crippen molar-refractivity contribution < 1.29 is 33.4 Å². The Hall–Kier alpha value is -2.37. The van der Waals surface area contributed by atoms with Gasteiger partial charge in [0.25, 0.3) is 0 Å². The van der Waals surface area contributed by atoms with Crippen molar-refractivity contribution in [2.45, 2.75) is 149 Å². The summed E-state index contributed by atoms with van der Waals surface area (Å²) in [6, 6.07) is -2.44. The van der Waals surface area contributed by atoms with Gasteiger partial charge in [-0.25, -0.2) is 0 Å². The van der Waals surface area contributed by atoms with Crippen molar-refractivity contribution >= 4 is 29.4 Å². The Labute approximate surface area is 246 Å². The van der Waals surface area contributed by atoms with Crippen LogP contribution < -0.4 is 22.1 Å². The van der Waals surface area contributed by atoms with Crippen LogP contribution in [0, 0.1) is 5.92 Å². The number of rotatable bonds is 18. The first kappa shape index (κ1) is 38.6. The van der Waals surface area contributed by atoms with Crippen LogP contribution >= 0.6 is 0 Å². The van der Waals surface area contributed by atoms with Crippen LogP contribution in [0.1, 0.15) is 114 Å². The van der Waals surface area contributed by atoms with E-state index in [0.717, 1.165) is 0 Å². The van der Waals surface area contributed by atoms with Crippen LogP contribution in [0.25, 0.3) is 0 Å². The van der Waals surface area contributed by atoms with Crippen molar-refractivity contribution in [2.75, 3.05) is 6.54 Å². The second-order valence-electron chi connectivity index (χ2n) is 13.5. The third-order valence-electron chi connectivity index (χ3n) is 6.22. The fourth-order valence-electron chi connectivity index (χ4n) is 3.80. The molecule has 0 saturated heterocycles. The number of carbonyl (C=O) groups excluding carboxylic acids is 5. The van der Waals surface area contributed by atoms with Crippen LogP contribution in [-0.2, 0) is 33.4 Å². The summed E-state index contributed by atoms with van der Waals surface area (Å²) in [5.41, 5.74) is 9.64. The average molecular weight is 585 g/mol. The van der Waals surface area contributed by atoms with E-state index >= 15 is 0 Å². The third kappa shape index (κ3) is 17.2. The molecule has 0 aliphatic rings. The van der Waals surface area contributed by atoms with Crippen molar-refractivity contribution in [3.63, 3.8) is 0 Å². The van der Waals surface area contributed by atoms with Crippen molar-refractivity contribution in [1.82, 2.24) is 10.6 Å². The van der Waals surface area contributed by atoms with Gasteiger partial charge >= 0.3 is 11.9 Å². The molecule has 41 heavy (non-hydrogen) atoms. The van der Waals surface area contributed by atoms with Crippen LogP contribution in [-0.4, -0.2) is 70.8 Å². The SMILES string of the molecule is CC(C)C(=O)[C@H](CCCCNC(C)(C)C(=O)CC[C@H](N)C(=O)OC(C)(C)C)NC(=O)CC[C@H](N)C(=O)OC(C)(C)C. The molecule has 0 bridgehead atoms. The maximum atomic E-state index is 12.8. The number of unbranched alkanes of at least 4 members (excludes halogenated alkanes) is 1. The Morgan fingerprint density at radius 2 is 1.17 bits per heavy atom. The van der Waals surface area contributed by atoms with Crippen LogP contribution in [0.3, 0.4) is 0 Å². The highest BCUT2D eigenvalue weighted by molar-refractivity contribution is 5.90. The number of nitrogens with one attached hydrogen (secondary N) is 2. The topological polar surface area (TPSA) is 180 Å². The number of Topliss-reactive ketones (excluding diaryl/α,β-unsaturated/α-hetero) is 2. The highest BCUT2D eigenvalue weighted by atomic mass is 16.6. The third-order valence-corrected chi connectivity index (χ3v) is 6.22. The van der Waals surface area contributed by atoms with E-state index in [4.69, 9.17) is 20.9 Å². The number of amides is 1. The van der Waals surface area contributed by atoms with Crippen molar-refractivity contribution in [1.29, 1.82) is 0 Å². The van der Waals surface area contributed by atoms with Gasteiger partial charge in [-0.15, -0.1) is 0 Å². The zero-order valence-electron chi connectivity index (χ0n) is 27.0. The van der Waals surface area contributed by atoms with Crippen molar-refractivity contribution in [3.8, 4) is 0 Å². The predicted octanol–water partition coefficient (Wildman–Crippen LogP) is 2.70. The number of ether oxygens (including phenoxy) is 2. The normalized spacial score (nSPS) is 14.7. The minimum Gasteiger partial charge on any atom is -0.459 e. The van der Waals surface area contributed by atoms with E-state index in [1.54, 1.807) is 69.2 Å². The van der Waals surface area contributed by atoms with Gasteiger partial charge in [-0.2, -0.15) is 0 Å². The molecule has 0 aliphatic heterocycles. The van der Waals surface area contributed by atoms with E-state index in [2.05, 4.69) is 10.6 Å². The van der Waals surface area contributed by atoms with E-state index < -0.39 is 46.8 Å². The zero-order chi connectivity index (χ0) is 32.2. The lowest BCUT2D eigenvalue weighted by atomic mass is 9.93. The summed E-state index contributed by atoms with van der Waals surface area (Å²) < 4.78 is 10.5. The molecule has 11 nitrogen and oxygen atoms in total. The average Bonchev–Trinajstić information content (AvgIpc) is 2.81. The summed E-state index contributed by atoms with van der Waals surface area (Å²) in [5.74, 6) is -1.84. The van der Waals surface area contributed by atoms with Gasteiger partial charge in [-0.05, 0) is 94.0 Å². The zero-order valence-corrected chi connectivity index (χ0v) is 27.0. The summed E-state index contributed by atoms with van der Waals surface area (Å²) >= 11 is 0. The first-order valence-electron chi connectivity index (χ1n) is 14.6. The van der Waals surface area contributed by atoms with Gasteiger partial charge in [0, 0.05) is 18.8 Å². The van der Waals surface area contributed by atoms with Gasteiger partial charge in [0.1, 0.15) is 23.3 Å². The molecule has 0 aromatic heterocycles. The summed E-state index contributed by atoms with van der Waals surface area (Å²) in [4.78, 5) is 62.2. The summed E-state index contributed by atoms with van der Waals surface area (Å²) in [6.45, 7) is 18.2. The molecule has 0 fully saturated rings. The fraction of sp³-hybridized carbons (Fsp3) is 0.833. The smallest absolute Gasteiger partial charge is 0.323 e. The van der Waals surface area contributed by atoms with Crippen LogP contribution in [0.15, 0.2) is 0 Å². The van der Waals surface area contributed by atoms with E-state index in [-0.39, 0.29) is 49.1 Å². The molecule has 11 heteroatoms. The molecule has 0 heterocycles. The molecule has 238 valence electrons. The Balaban J connectivity index is 4.70. The van der Waals surface area contributed by atoms with Crippen molar-refractivity contribution in [3.05, 3.63) is 0 Å². The molecule has 0 spiro atoms. The number of hydrogen-bond donors (Lipinski definition) is 4. The van der Waals surface area contributed by atoms with Crippen LogP contribution in [0.2, 0.25) is 0 Å². The standard InChI is InChI=1S/C30H56N4O7/c1-19(2)25(37)22(34-24(36)17-15-21(32)27(39)41-29(6,7)8)13-11-12-18-33-30(9,10)23(35)16-14-20(31)26(38)40-28(3,4)5/h19-22,33H,11-18,31-32H2,1-10H3,(H,34,36)/t20-,21-,22-/m0/s1. The second kappa shape index (κ2) is 16.9. The van der Waals surface area contributed by atoms with E-state index in [1.807, 2.05) is 0 Å². The van der Waals surface area contributed by atoms with Crippen molar-refractivity contribution in [2.24, 2.45) is 17.4 Å². The molecule has 0 aliphatic carbocycles. The molecule has 0 saturated carbocycles. The highest BCUT2D eigenvalue weighted by Crippen LogP contribution is 2.15. The van der Waals surface area contributed by atoms with E-state index in [1.165, 1.54) is 0 Å².